The third-order valence-electron chi connectivity index (χ3n) is 4.09. The molecule has 1 aliphatic rings. The van der Waals surface area contributed by atoms with Crippen LogP contribution < -0.4 is 11.1 Å². The minimum Gasteiger partial charge on any atom is -0.354 e. The Bertz CT molecular complexity index is 536. The van der Waals surface area contributed by atoms with Crippen LogP contribution in [-0.4, -0.2) is 23.4 Å². The summed E-state index contributed by atoms with van der Waals surface area (Å²) in [6.45, 7) is 4.07. The zero-order chi connectivity index (χ0) is 15.6. The first-order valence-corrected chi connectivity index (χ1v) is 7.11. The Morgan fingerprint density at radius 1 is 1.43 bits per heavy atom. The van der Waals surface area contributed by atoms with E-state index in [9.17, 15) is 14.9 Å². The summed E-state index contributed by atoms with van der Waals surface area (Å²) < 4.78 is 0. The highest BCUT2D eigenvalue weighted by atomic mass is 16.6. The number of amides is 1. The van der Waals surface area contributed by atoms with Gasteiger partial charge in [0.15, 0.2) is 0 Å². The highest BCUT2D eigenvalue weighted by molar-refractivity contribution is 5.87. The van der Waals surface area contributed by atoms with E-state index in [4.69, 9.17) is 5.73 Å². The number of hydrogen-bond acceptors (Lipinski definition) is 4. The standard InChI is InChI=1S/C15H21N3O3/c1-15(2,11-5-7-12(8-6-11)18(20)21)14(19)17-9-13(16)10-3-4-10/h5-8,10,13H,3-4,9,16H2,1-2H3,(H,17,19). The van der Waals surface area contributed by atoms with Crippen LogP contribution in [0.2, 0.25) is 0 Å². The highest BCUT2D eigenvalue weighted by Crippen LogP contribution is 2.31. The molecule has 0 heterocycles. The minimum absolute atomic E-state index is 0.0154. The Labute approximate surface area is 123 Å². The number of nitrogens with two attached hydrogens (primary N) is 1. The fraction of sp³-hybridized carbons (Fsp3) is 0.533. The molecule has 6 heteroatoms. The normalized spacial score (nSPS) is 16.3. The molecule has 0 saturated heterocycles. The van der Waals surface area contributed by atoms with Crippen LogP contribution in [0.4, 0.5) is 5.69 Å². The average Bonchev–Trinajstić information content (AvgIpc) is 3.28. The molecule has 1 amide bonds. The number of carbonyl (C=O) groups excluding carboxylic acids is 1. The van der Waals surface area contributed by atoms with E-state index >= 15 is 0 Å². The molecule has 21 heavy (non-hydrogen) atoms. The van der Waals surface area contributed by atoms with Gasteiger partial charge in [0.25, 0.3) is 5.69 Å². The fourth-order valence-electron chi connectivity index (χ4n) is 2.25. The summed E-state index contributed by atoms with van der Waals surface area (Å²) in [4.78, 5) is 22.5. The molecule has 0 aromatic heterocycles. The molecule has 3 N–H and O–H groups in total. The number of carbonyl (C=O) groups is 1. The van der Waals surface area contributed by atoms with Crippen molar-refractivity contribution in [2.24, 2.45) is 11.7 Å². The highest BCUT2D eigenvalue weighted by Gasteiger charge is 2.32. The number of nitrogens with zero attached hydrogens (tertiary/aromatic N) is 1. The van der Waals surface area contributed by atoms with Crippen molar-refractivity contribution in [2.75, 3.05) is 6.54 Å². The molecule has 1 aromatic rings. The van der Waals surface area contributed by atoms with Gasteiger partial charge in [-0.1, -0.05) is 12.1 Å². The first kappa shape index (κ1) is 15.4. The second kappa shape index (κ2) is 5.81. The minimum atomic E-state index is -0.752. The lowest BCUT2D eigenvalue weighted by Crippen LogP contribution is -2.45. The third kappa shape index (κ3) is 3.58. The lowest BCUT2D eigenvalue weighted by molar-refractivity contribution is -0.384. The first-order valence-electron chi connectivity index (χ1n) is 7.11. The van der Waals surface area contributed by atoms with Gasteiger partial charge in [0, 0.05) is 24.7 Å². The van der Waals surface area contributed by atoms with Crippen molar-refractivity contribution in [3.05, 3.63) is 39.9 Å². The van der Waals surface area contributed by atoms with Crippen LogP contribution in [0.1, 0.15) is 32.3 Å². The van der Waals surface area contributed by atoms with E-state index in [2.05, 4.69) is 5.32 Å². The summed E-state index contributed by atoms with van der Waals surface area (Å²) in [5.74, 6) is 0.417. The van der Waals surface area contributed by atoms with Crippen molar-refractivity contribution in [1.29, 1.82) is 0 Å². The molecule has 1 unspecified atom stereocenters. The zero-order valence-corrected chi connectivity index (χ0v) is 12.3. The molecule has 1 aromatic carbocycles. The Balaban J connectivity index is 2.01. The van der Waals surface area contributed by atoms with Crippen LogP contribution >= 0.6 is 0 Å². The van der Waals surface area contributed by atoms with E-state index in [1.807, 2.05) is 0 Å². The maximum atomic E-state index is 12.3. The van der Waals surface area contributed by atoms with Gasteiger partial charge in [-0.3, -0.25) is 14.9 Å². The van der Waals surface area contributed by atoms with E-state index in [0.717, 1.165) is 18.4 Å². The number of nitro benzene ring substituents is 1. The van der Waals surface area contributed by atoms with Crippen LogP contribution in [0.5, 0.6) is 0 Å². The van der Waals surface area contributed by atoms with Gasteiger partial charge in [0.1, 0.15) is 0 Å². The Morgan fingerprint density at radius 2 is 2.00 bits per heavy atom. The summed E-state index contributed by atoms with van der Waals surface area (Å²) in [5, 5.41) is 13.5. The lowest BCUT2D eigenvalue weighted by atomic mass is 9.83. The molecule has 0 bridgehead atoms. The topological polar surface area (TPSA) is 98.3 Å². The van der Waals surface area contributed by atoms with Crippen molar-refractivity contribution in [3.63, 3.8) is 0 Å². The van der Waals surface area contributed by atoms with Crippen molar-refractivity contribution in [1.82, 2.24) is 5.32 Å². The van der Waals surface area contributed by atoms with E-state index in [0.29, 0.717) is 12.5 Å². The molecular formula is C15H21N3O3. The largest absolute Gasteiger partial charge is 0.354 e. The molecule has 0 radical (unpaired) electrons. The molecular weight excluding hydrogens is 270 g/mol. The van der Waals surface area contributed by atoms with Crippen LogP contribution in [0.25, 0.3) is 0 Å². The van der Waals surface area contributed by atoms with Crippen LogP contribution in [0, 0.1) is 16.0 Å². The molecule has 114 valence electrons. The lowest BCUT2D eigenvalue weighted by Gasteiger charge is -2.25. The van der Waals surface area contributed by atoms with E-state index in [-0.39, 0.29) is 17.6 Å². The van der Waals surface area contributed by atoms with E-state index in [1.165, 1.54) is 12.1 Å². The smallest absolute Gasteiger partial charge is 0.269 e. The average molecular weight is 291 g/mol. The zero-order valence-electron chi connectivity index (χ0n) is 12.3. The van der Waals surface area contributed by atoms with Gasteiger partial charge in [-0.2, -0.15) is 0 Å². The summed E-state index contributed by atoms with van der Waals surface area (Å²) in [5.41, 5.74) is 5.98. The quantitative estimate of drug-likeness (QED) is 0.616. The maximum absolute atomic E-state index is 12.3. The van der Waals surface area contributed by atoms with Crippen molar-refractivity contribution >= 4 is 11.6 Å². The third-order valence-corrected chi connectivity index (χ3v) is 4.09. The molecule has 1 aliphatic carbocycles. The predicted octanol–water partition coefficient (Wildman–Crippen LogP) is 1.73. The van der Waals surface area contributed by atoms with Crippen LogP contribution in [0.3, 0.4) is 0 Å². The number of non-ortho nitro benzene ring substituents is 1. The first-order chi connectivity index (χ1) is 9.82. The Morgan fingerprint density at radius 3 is 2.48 bits per heavy atom. The van der Waals surface area contributed by atoms with Crippen molar-refractivity contribution in [3.8, 4) is 0 Å². The molecule has 2 rings (SSSR count). The second-order valence-corrected chi connectivity index (χ2v) is 6.14. The summed E-state index contributed by atoms with van der Waals surface area (Å²) in [7, 11) is 0. The summed E-state index contributed by atoms with van der Waals surface area (Å²) in [6, 6.07) is 6.10. The second-order valence-electron chi connectivity index (χ2n) is 6.14. The molecule has 0 aliphatic heterocycles. The Hall–Kier alpha value is -1.95. The van der Waals surface area contributed by atoms with E-state index in [1.54, 1.807) is 26.0 Å². The number of nitrogens with one attached hydrogen (secondary N) is 1. The maximum Gasteiger partial charge on any atom is 0.269 e. The number of hydrogen-bond donors (Lipinski definition) is 2. The molecule has 6 nitrogen and oxygen atoms in total. The van der Waals surface area contributed by atoms with Crippen LogP contribution in [0.15, 0.2) is 24.3 Å². The van der Waals surface area contributed by atoms with E-state index < -0.39 is 10.3 Å². The van der Waals surface area contributed by atoms with Crippen molar-refractivity contribution in [2.45, 2.75) is 38.1 Å². The molecule has 0 spiro atoms. The number of benzene rings is 1. The van der Waals surface area contributed by atoms with Gasteiger partial charge in [-0.05, 0) is 38.2 Å². The molecule has 1 atom stereocenters. The van der Waals surface area contributed by atoms with Gasteiger partial charge >= 0.3 is 0 Å². The molecule has 1 saturated carbocycles. The van der Waals surface area contributed by atoms with Gasteiger partial charge in [-0.15, -0.1) is 0 Å². The molecule has 1 fully saturated rings. The van der Waals surface area contributed by atoms with Crippen LogP contribution in [-0.2, 0) is 10.2 Å². The summed E-state index contributed by atoms with van der Waals surface area (Å²) >= 11 is 0. The van der Waals surface area contributed by atoms with Gasteiger partial charge in [-0.25, -0.2) is 0 Å². The fourth-order valence-corrected chi connectivity index (χ4v) is 2.25. The summed E-state index contributed by atoms with van der Waals surface area (Å²) in [6.07, 6.45) is 2.28. The van der Waals surface area contributed by atoms with Crippen molar-refractivity contribution < 1.29 is 9.72 Å². The number of nitro groups is 1. The Kier molecular flexibility index (Phi) is 4.27. The monoisotopic (exact) mass is 291 g/mol. The number of rotatable bonds is 6. The SMILES string of the molecule is CC(C)(C(=O)NCC(N)C1CC1)c1ccc([N+](=O)[O-])cc1. The van der Waals surface area contributed by atoms with Gasteiger partial charge < -0.3 is 11.1 Å². The van der Waals surface area contributed by atoms with Gasteiger partial charge in [0.05, 0.1) is 10.3 Å². The van der Waals surface area contributed by atoms with Gasteiger partial charge in [0.2, 0.25) is 5.91 Å². The predicted molar refractivity (Wildman–Crippen MR) is 79.8 cm³/mol.